The van der Waals surface area contributed by atoms with E-state index in [1.807, 2.05) is 0 Å². The van der Waals surface area contributed by atoms with Gasteiger partial charge in [-0.25, -0.2) is 0 Å². The van der Waals surface area contributed by atoms with Gasteiger partial charge in [-0.05, 0) is 35.8 Å². The van der Waals surface area contributed by atoms with Crippen molar-refractivity contribution in [2.45, 2.75) is 13.8 Å². The molecule has 0 radical (unpaired) electrons. The fraction of sp³-hybridized carbons (Fsp3) is 0.143. The second-order valence-corrected chi connectivity index (χ2v) is 16.0. The highest BCUT2D eigenvalue weighted by molar-refractivity contribution is 8.14. The van der Waals surface area contributed by atoms with E-state index in [0.717, 1.165) is 6.16 Å². The van der Waals surface area contributed by atoms with Crippen molar-refractivity contribution >= 4 is 45.8 Å². The minimum atomic E-state index is -1.52. The van der Waals surface area contributed by atoms with Gasteiger partial charge in [0.05, 0.1) is 0 Å². The first kappa shape index (κ1) is 24.0. The van der Waals surface area contributed by atoms with Crippen molar-refractivity contribution in [2.75, 3.05) is 19.5 Å². The third-order valence-corrected chi connectivity index (χ3v) is 12.7. The minimum Gasteiger partial charge on any atom is -0.158 e. The Morgan fingerprint density at radius 2 is 1.08 bits per heavy atom. The Kier molecular flexibility index (Phi) is 5.93. The van der Waals surface area contributed by atoms with Crippen LogP contribution in [0.15, 0.2) is 121 Å². The summed E-state index contributed by atoms with van der Waals surface area (Å²) in [6, 6.07) is 46.0. The molecule has 5 aromatic rings. The molecular weight excluding hydrogens is 462 g/mol. The summed E-state index contributed by atoms with van der Waals surface area (Å²) in [7, 11) is -1.52. The molecule has 1 unspecified atom stereocenters. The Morgan fingerprint density at radius 3 is 1.76 bits per heavy atom. The summed E-state index contributed by atoms with van der Waals surface area (Å²) in [6.07, 6.45) is 1.14. The molecule has 0 saturated carbocycles. The molecule has 1 heterocycles. The van der Waals surface area contributed by atoms with E-state index >= 15 is 0 Å². The van der Waals surface area contributed by atoms with Crippen molar-refractivity contribution in [3.63, 3.8) is 0 Å². The van der Waals surface area contributed by atoms with Gasteiger partial charge >= 0.3 is 0 Å². The third-order valence-electron chi connectivity index (χ3n) is 8.66. The Morgan fingerprint density at radius 1 is 0.541 bits per heavy atom. The van der Waals surface area contributed by atoms with Gasteiger partial charge in [-0.3, -0.25) is 0 Å². The van der Waals surface area contributed by atoms with Crippen LogP contribution in [0.5, 0.6) is 0 Å². The summed E-state index contributed by atoms with van der Waals surface area (Å²) in [5.74, 6) is -1.17. The molecule has 182 valence electrons. The fourth-order valence-corrected chi connectivity index (χ4v) is 11.3. The SMILES string of the molecule is Cc1ccc(C2=C(c3ccc4ccccc4c3)[B-](c3ccccc3)(c3ccc(C)cc3)[P+](C)(C)C2)cc1. The Hall–Kier alpha value is -3.41. The van der Waals surface area contributed by atoms with Crippen molar-refractivity contribution in [1.82, 2.24) is 0 Å². The highest BCUT2D eigenvalue weighted by atomic mass is 31.2. The fourth-order valence-electron chi connectivity index (χ4n) is 6.91. The average molecular weight is 496 g/mol. The predicted molar refractivity (Wildman–Crippen MR) is 168 cm³/mol. The van der Waals surface area contributed by atoms with Gasteiger partial charge in [0, 0.05) is 19.5 Å². The molecule has 1 aliphatic heterocycles. The zero-order valence-electron chi connectivity index (χ0n) is 22.3. The topological polar surface area (TPSA) is 0 Å². The largest absolute Gasteiger partial charge is 0.247 e. The monoisotopic (exact) mass is 496 g/mol. The van der Waals surface area contributed by atoms with Crippen molar-refractivity contribution in [3.8, 4) is 0 Å². The number of aryl methyl sites for hydroxylation is 2. The Balaban J connectivity index is 1.76. The molecule has 0 nitrogen and oxygen atoms in total. The van der Waals surface area contributed by atoms with E-state index in [9.17, 15) is 0 Å². The number of fused-ring (bicyclic) bond motifs is 1. The van der Waals surface area contributed by atoms with E-state index in [1.54, 1.807) is 5.47 Å². The first-order chi connectivity index (χ1) is 17.9. The van der Waals surface area contributed by atoms with E-state index in [2.05, 4.69) is 149 Å². The Bertz CT molecular complexity index is 1610. The van der Waals surface area contributed by atoms with Gasteiger partial charge in [0.2, 0.25) is 5.87 Å². The first-order valence-corrected chi connectivity index (χ1v) is 16.2. The molecule has 37 heavy (non-hydrogen) atoms. The van der Waals surface area contributed by atoms with Gasteiger partial charge < -0.3 is 0 Å². The molecule has 0 N–H and O–H groups in total. The molecule has 0 saturated heterocycles. The summed E-state index contributed by atoms with van der Waals surface area (Å²) in [5, 5.41) is 2.60. The number of benzene rings is 5. The average Bonchev–Trinajstić information content (AvgIpc) is 3.17. The maximum atomic E-state index is 2.60. The van der Waals surface area contributed by atoms with E-state index in [0.29, 0.717) is 0 Å². The van der Waals surface area contributed by atoms with Gasteiger partial charge in [-0.1, -0.05) is 138 Å². The Labute approximate surface area is 222 Å². The van der Waals surface area contributed by atoms with Gasteiger partial charge in [-0.2, -0.15) is 10.9 Å². The second-order valence-electron chi connectivity index (χ2n) is 11.4. The highest BCUT2D eigenvalue weighted by Gasteiger charge is 2.57. The van der Waals surface area contributed by atoms with Crippen molar-refractivity contribution < 1.29 is 0 Å². The summed E-state index contributed by atoms with van der Waals surface area (Å²) < 4.78 is 0. The maximum Gasteiger partial charge on any atom is 0.247 e. The van der Waals surface area contributed by atoms with Crippen molar-refractivity contribution in [3.05, 3.63) is 144 Å². The molecule has 0 bridgehead atoms. The molecule has 0 aromatic heterocycles. The standard InChI is InChI=1S/C35H34BP/c1-26-14-18-29(19-15-26)34-25-37(3,4)36(32-12-6-5-7-13-32,33-22-16-27(2)17-23-33)35(34)31-21-20-28-10-8-9-11-30(28)24-31/h5-24H,25H2,1-4H3. The zero-order valence-corrected chi connectivity index (χ0v) is 23.2. The van der Waals surface area contributed by atoms with E-state index < -0.39 is 13.0 Å². The van der Waals surface area contributed by atoms with Crippen LogP contribution < -0.4 is 10.9 Å². The maximum absolute atomic E-state index is 2.60. The molecule has 0 amide bonds. The van der Waals surface area contributed by atoms with Crippen molar-refractivity contribution in [2.24, 2.45) is 0 Å². The summed E-state index contributed by atoms with van der Waals surface area (Å²) in [4.78, 5) is 0. The van der Waals surface area contributed by atoms with Crippen LogP contribution in [0.1, 0.15) is 22.3 Å². The van der Waals surface area contributed by atoms with E-state index in [4.69, 9.17) is 0 Å². The molecule has 2 heteroatoms. The number of hydrogen-bond donors (Lipinski definition) is 0. The lowest BCUT2D eigenvalue weighted by Crippen LogP contribution is -2.59. The van der Waals surface area contributed by atoms with Gasteiger partial charge in [0.1, 0.15) is 0 Å². The van der Waals surface area contributed by atoms with Crippen LogP contribution in [0, 0.1) is 13.8 Å². The lowest BCUT2D eigenvalue weighted by Gasteiger charge is -2.46. The van der Waals surface area contributed by atoms with E-state index in [1.165, 1.54) is 49.5 Å². The summed E-state index contributed by atoms with van der Waals surface area (Å²) in [6.45, 7) is 9.57. The quantitative estimate of drug-likeness (QED) is 0.175. The van der Waals surface area contributed by atoms with E-state index in [-0.39, 0.29) is 0 Å². The van der Waals surface area contributed by atoms with Gasteiger partial charge in [0.15, 0.2) is 0 Å². The minimum absolute atomic E-state index is 1.14. The van der Waals surface area contributed by atoms with Gasteiger partial charge in [0.25, 0.3) is 0 Å². The molecule has 5 aromatic carbocycles. The molecule has 1 atom stereocenters. The van der Waals surface area contributed by atoms with Crippen LogP contribution in [-0.2, 0) is 0 Å². The smallest absolute Gasteiger partial charge is 0.158 e. The summed E-state index contributed by atoms with van der Waals surface area (Å²) in [5.41, 5.74) is 11.4. The lowest BCUT2D eigenvalue weighted by molar-refractivity contribution is 1.45. The van der Waals surface area contributed by atoms with Crippen molar-refractivity contribution in [1.29, 1.82) is 0 Å². The normalized spacial score (nSPS) is 18.9. The van der Waals surface area contributed by atoms with Crippen LogP contribution in [0.4, 0.5) is 0 Å². The molecule has 0 spiro atoms. The highest BCUT2D eigenvalue weighted by Crippen LogP contribution is 2.71. The molecule has 6 rings (SSSR count). The van der Waals surface area contributed by atoms with Crippen LogP contribution in [-0.4, -0.2) is 25.4 Å². The van der Waals surface area contributed by atoms with Crippen LogP contribution in [0.3, 0.4) is 0 Å². The predicted octanol–water partition coefficient (Wildman–Crippen LogP) is 7.96. The first-order valence-electron chi connectivity index (χ1n) is 13.3. The summed E-state index contributed by atoms with van der Waals surface area (Å²) >= 11 is 0. The zero-order chi connectivity index (χ0) is 25.6. The molecule has 1 aliphatic rings. The van der Waals surface area contributed by atoms with Crippen LogP contribution in [0.2, 0.25) is 0 Å². The lowest BCUT2D eigenvalue weighted by atomic mass is 9.32. The molecular formula is C35H34BP. The second kappa shape index (κ2) is 9.16. The third kappa shape index (κ3) is 3.89. The molecule has 0 fully saturated rings. The van der Waals surface area contributed by atoms with Gasteiger partial charge in [-0.15, -0.1) is 12.6 Å². The number of rotatable bonds is 4. The number of hydrogen-bond acceptors (Lipinski definition) is 0. The van der Waals surface area contributed by atoms with Crippen LogP contribution >= 0.6 is 7.14 Å². The van der Waals surface area contributed by atoms with Crippen LogP contribution in [0.25, 0.3) is 21.8 Å². The molecule has 0 aliphatic carbocycles. The number of allylic oxidation sites excluding steroid dienone is 1.